The van der Waals surface area contributed by atoms with Gasteiger partial charge in [-0.25, -0.2) is 9.18 Å². The number of benzene rings is 1. The zero-order chi connectivity index (χ0) is 24.7. The fourth-order valence-corrected chi connectivity index (χ4v) is 4.85. The molecule has 1 saturated heterocycles. The third kappa shape index (κ3) is 4.23. The lowest BCUT2D eigenvalue weighted by molar-refractivity contribution is -0.154. The molecule has 34 heavy (non-hydrogen) atoms. The van der Waals surface area contributed by atoms with Crippen LogP contribution in [0.1, 0.15) is 54.6 Å². The van der Waals surface area contributed by atoms with Gasteiger partial charge >= 0.3 is 17.9 Å². The van der Waals surface area contributed by atoms with Crippen molar-refractivity contribution in [3.8, 4) is 0 Å². The normalized spacial score (nSPS) is 19.1. The molecule has 1 aromatic carbocycles. The van der Waals surface area contributed by atoms with Gasteiger partial charge in [-0.3, -0.25) is 14.4 Å². The second-order valence-electron chi connectivity index (χ2n) is 8.88. The lowest BCUT2D eigenvalue weighted by Gasteiger charge is -2.37. The van der Waals surface area contributed by atoms with Crippen molar-refractivity contribution in [2.45, 2.75) is 57.2 Å². The number of aryl methyl sites for hydroxylation is 1. The monoisotopic (exact) mass is 475 g/mol. The number of aliphatic carboxylic acids is 1. The molecule has 0 bridgehead atoms. The maximum absolute atomic E-state index is 15.4. The number of esters is 1. The summed E-state index contributed by atoms with van der Waals surface area (Å²) in [4.78, 5) is 48.9. The second kappa shape index (κ2) is 9.05. The number of rotatable bonds is 6. The number of halogens is 1. The highest BCUT2D eigenvalue weighted by Crippen LogP contribution is 2.39. The number of nitrogens with two attached hydrogens (primary N) is 1. The van der Waals surface area contributed by atoms with Crippen LogP contribution in [0.5, 0.6) is 0 Å². The number of aromatic nitrogens is 1. The Bertz CT molecular complexity index is 1230. The van der Waals surface area contributed by atoms with E-state index in [1.165, 1.54) is 6.20 Å². The number of ether oxygens (including phenoxy) is 1. The van der Waals surface area contributed by atoms with Gasteiger partial charge in [-0.1, -0.05) is 0 Å². The van der Waals surface area contributed by atoms with E-state index in [9.17, 15) is 24.3 Å². The van der Waals surface area contributed by atoms with Crippen molar-refractivity contribution in [3.63, 3.8) is 0 Å². The molecule has 4 N–H and O–H groups in total. The Morgan fingerprint density at radius 2 is 1.91 bits per heavy atom. The van der Waals surface area contributed by atoms with Crippen LogP contribution in [0.4, 0.5) is 10.1 Å². The van der Waals surface area contributed by atoms with E-state index >= 15 is 4.39 Å². The van der Waals surface area contributed by atoms with Crippen LogP contribution in [-0.4, -0.2) is 57.9 Å². The highest BCUT2D eigenvalue weighted by molar-refractivity contribution is 5.95. The number of nitrogens with zero attached hydrogens (tertiary/aromatic N) is 2. The molecule has 0 saturated carbocycles. The molecule has 2 aliphatic rings. The molecule has 2 aliphatic heterocycles. The number of hydrogen-bond donors (Lipinski definition) is 3. The highest BCUT2D eigenvalue weighted by Gasteiger charge is 2.31. The van der Waals surface area contributed by atoms with E-state index in [2.05, 4.69) is 0 Å². The molecular formula is C23H26FN3O7. The average molecular weight is 475 g/mol. The predicted octanol–water partition coefficient (Wildman–Crippen LogP) is 1.66. The lowest BCUT2D eigenvalue weighted by atomic mass is 9.93. The first-order valence-corrected chi connectivity index (χ1v) is 11.1. The van der Waals surface area contributed by atoms with Crippen molar-refractivity contribution in [3.05, 3.63) is 39.4 Å². The van der Waals surface area contributed by atoms with Crippen molar-refractivity contribution >= 4 is 34.5 Å². The summed E-state index contributed by atoms with van der Waals surface area (Å²) in [5.41, 5.74) is 6.07. The molecule has 0 spiro atoms. The number of carboxylic acid groups (broad SMARTS) is 2. The van der Waals surface area contributed by atoms with Gasteiger partial charge < -0.3 is 30.2 Å². The topological polar surface area (TPSA) is 152 Å². The zero-order valence-corrected chi connectivity index (χ0v) is 18.6. The third-order valence-electron chi connectivity index (χ3n) is 6.60. The molecule has 2 atom stereocenters. The van der Waals surface area contributed by atoms with Crippen LogP contribution in [0.25, 0.3) is 10.9 Å². The molecular weight excluding hydrogens is 449 g/mol. The van der Waals surface area contributed by atoms with Gasteiger partial charge in [-0.2, -0.15) is 0 Å². The fraction of sp³-hybridized carbons (Fsp3) is 0.478. The van der Waals surface area contributed by atoms with Gasteiger partial charge in [-0.05, 0) is 25.8 Å². The van der Waals surface area contributed by atoms with Crippen molar-refractivity contribution in [1.82, 2.24) is 4.57 Å². The van der Waals surface area contributed by atoms with Crippen molar-refractivity contribution in [1.29, 1.82) is 0 Å². The molecule has 11 heteroatoms. The van der Waals surface area contributed by atoms with E-state index in [0.29, 0.717) is 55.5 Å². The number of pyridine rings is 1. The maximum Gasteiger partial charge on any atom is 0.341 e. The second-order valence-corrected chi connectivity index (χ2v) is 8.88. The number of piperidine rings is 1. The lowest BCUT2D eigenvalue weighted by Crippen LogP contribution is -2.42. The summed E-state index contributed by atoms with van der Waals surface area (Å²) in [6, 6.07) is -0.173. The fourth-order valence-electron chi connectivity index (χ4n) is 4.85. The molecule has 0 radical (unpaired) electrons. The van der Waals surface area contributed by atoms with E-state index in [4.69, 9.17) is 15.6 Å². The zero-order valence-electron chi connectivity index (χ0n) is 18.6. The van der Waals surface area contributed by atoms with Gasteiger partial charge in [0, 0.05) is 49.1 Å². The van der Waals surface area contributed by atoms with Gasteiger partial charge in [-0.15, -0.1) is 0 Å². The van der Waals surface area contributed by atoms with Gasteiger partial charge in [0.25, 0.3) is 0 Å². The van der Waals surface area contributed by atoms with E-state index < -0.39 is 47.7 Å². The first kappa shape index (κ1) is 23.7. The van der Waals surface area contributed by atoms with Crippen LogP contribution in [0.2, 0.25) is 0 Å². The Kier molecular flexibility index (Phi) is 6.30. The molecule has 0 amide bonds. The third-order valence-corrected chi connectivity index (χ3v) is 6.60. The smallest absolute Gasteiger partial charge is 0.341 e. The van der Waals surface area contributed by atoms with Crippen LogP contribution in [0.3, 0.4) is 0 Å². The summed E-state index contributed by atoms with van der Waals surface area (Å²) >= 11 is 0. The number of hydrogen-bond acceptors (Lipinski definition) is 7. The Morgan fingerprint density at radius 1 is 1.24 bits per heavy atom. The first-order valence-electron chi connectivity index (χ1n) is 11.1. The SMILES string of the molecule is C[C@H]1CCc2c(N3CCC(OC(=O)[C@@H](N)CC(=O)O)CC3)c(F)cc3c(=O)c(C(=O)O)cn1c23. The summed E-state index contributed by atoms with van der Waals surface area (Å²) < 4.78 is 22.4. The number of carboxylic acids is 2. The molecule has 10 nitrogen and oxygen atoms in total. The minimum atomic E-state index is -1.35. The predicted molar refractivity (Wildman–Crippen MR) is 120 cm³/mol. The van der Waals surface area contributed by atoms with Crippen LogP contribution < -0.4 is 16.1 Å². The van der Waals surface area contributed by atoms with Crippen molar-refractivity contribution in [2.24, 2.45) is 5.73 Å². The van der Waals surface area contributed by atoms with Crippen LogP contribution in [0.15, 0.2) is 17.1 Å². The Hall–Kier alpha value is -3.47. The Labute approximate surface area is 193 Å². The molecule has 1 fully saturated rings. The van der Waals surface area contributed by atoms with Crippen LogP contribution in [0, 0.1) is 5.82 Å². The largest absolute Gasteiger partial charge is 0.481 e. The number of carbonyl (C=O) groups is 3. The Morgan fingerprint density at radius 3 is 2.53 bits per heavy atom. The molecule has 4 rings (SSSR count). The van der Waals surface area contributed by atoms with Crippen molar-refractivity contribution in [2.75, 3.05) is 18.0 Å². The summed E-state index contributed by atoms with van der Waals surface area (Å²) in [7, 11) is 0. The summed E-state index contributed by atoms with van der Waals surface area (Å²) in [5, 5.41) is 18.2. The number of aromatic carboxylic acids is 1. The van der Waals surface area contributed by atoms with Gasteiger partial charge in [0.1, 0.15) is 23.5 Å². The quantitative estimate of drug-likeness (QED) is 0.530. The molecule has 2 aromatic rings. The van der Waals surface area contributed by atoms with E-state index in [1.54, 1.807) is 4.57 Å². The maximum atomic E-state index is 15.4. The summed E-state index contributed by atoms with van der Waals surface area (Å²) in [5.74, 6) is -3.91. The van der Waals surface area contributed by atoms with Gasteiger partial charge in [0.2, 0.25) is 5.43 Å². The van der Waals surface area contributed by atoms with E-state index in [1.807, 2.05) is 11.8 Å². The minimum absolute atomic E-state index is 0.0489. The van der Waals surface area contributed by atoms with Crippen LogP contribution >= 0.6 is 0 Å². The first-order chi connectivity index (χ1) is 16.1. The van der Waals surface area contributed by atoms with Gasteiger partial charge in [0.05, 0.1) is 17.6 Å². The molecule has 1 aromatic heterocycles. The highest BCUT2D eigenvalue weighted by atomic mass is 19.1. The summed E-state index contributed by atoms with van der Waals surface area (Å²) in [6.07, 6.45) is 2.37. The number of carbonyl (C=O) groups excluding carboxylic acids is 1. The molecule has 0 aliphatic carbocycles. The standard InChI is InChI=1S/C23H26FN3O7/c1-11-2-3-13-19-14(21(30)15(22(31)32)10-27(11)19)8-16(24)20(13)26-6-4-12(5-7-26)34-23(33)17(25)9-18(28)29/h8,10-12,17H,2-7,9,25H2,1H3,(H,28,29)(H,31,32)/t11-,17-/m0/s1. The van der Waals surface area contributed by atoms with E-state index in [0.717, 1.165) is 6.07 Å². The molecule has 182 valence electrons. The molecule has 0 unspecified atom stereocenters. The van der Waals surface area contributed by atoms with Crippen molar-refractivity contribution < 1.29 is 33.7 Å². The van der Waals surface area contributed by atoms with E-state index in [-0.39, 0.29) is 17.0 Å². The molecule has 3 heterocycles. The summed E-state index contributed by atoms with van der Waals surface area (Å²) in [6.45, 7) is 2.69. The van der Waals surface area contributed by atoms with Crippen LogP contribution in [-0.2, 0) is 20.7 Å². The Balaban J connectivity index is 1.62. The number of anilines is 1. The minimum Gasteiger partial charge on any atom is -0.481 e. The van der Waals surface area contributed by atoms with Gasteiger partial charge in [0.15, 0.2) is 0 Å². The average Bonchev–Trinajstić information content (AvgIpc) is 2.77.